The number of rotatable bonds is 1. The van der Waals surface area contributed by atoms with Crippen molar-refractivity contribution in [3.8, 4) is 0 Å². The molecule has 1 amide bonds. The van der Waals surface area contributed by atoms with Crippen molar-refractivity contribution in [3.05, 3.63) is 93.8 Å². The van der Waals surface area contributed by atoms with E-state index in [1.54, 1.807) is 6.07 Å². The highest BCUT2D eigenvalue weighted by atomic mass is 79.9. The van der Waals surface area contributed by atoms with Gasteiger partial charge in [-0.05, 0) is 54.4 Å². The highest BCUT2D eigenvalue weighted by Crippen LogP contribution is 2.47. The Labute approximate surface area is 181 Å². The van der Waals surface area contributed by atoms with Crippen LogP contribution in [0.4, 0.5) is 15.8 Å². The molecule has 0 spiro atoms. The highest BCUT2D eigenvalue weighted by molar-refractivity contribution is 9.10. The molecule has 6 rings (SSSR count). The zero-order valence-electron chi connectivity index (χ0n) is 15.9. The van der Waals surface area contributed by atoms with Crippen molar-refractivity contribution in [1.29, 1.82) is 0 Å². The molecule has 2 aliphatic heterocycles. The Hall–Kier alpha value is -3.12. The number of aromatic amines is 1. The Bertz CT molecular complexity index is 1330. The number of fused-ring (bicyclic) bond motifs is 6. The van der Waals surface area contributed by atoms with Crippen molar-refractivity contribution in [2.45, 2.75) is 12.6 Å². The number of amides is 1. The second-order valence-corrected chi connectivity index (χ2v) is 8.61. The number of hydrogen-bond acceptors (Lipinski definition) is 2. The summed E-state index contributed by atoms with van der Waals surface area (Å²) in [6.07, 6.45) is 0.422. The summed E-state index contributed by atoms with van der Waals surface area (Å²) >= 11 is 3.49. The van der Waals surface area contributed by atoms with E-state index >= 15 is 0 Å². The Balaban J connectivity index is 1.65. The van der Waals surface area contributed by atoms with Crippen LogP contribution in [0.1, 0.15) is 27.8 Å². The van der Waals surface area contributed by atoms with E-state index in [-0.39, 0.29) is 17.9 Å². The van der Waals surface area contributed by atoms with Crippen LogP contribution in [0.2, 0.25) is 0 Å². The first-order chi connectivity index (χ1) is 14.6. The number of carbonyl (C=O) groups is 1. The molecule has 0 aliphatic carbocycles. The van der Waals surface area contributed by atoms with Crippen LogP contribution >= 0.6 is 15.9 Å². The number of para-hydroxylation sites is 1. The van der Waals surface area contributed by atoms with Crippen molar-refractivity contribution in [1.82, 2.24) is 9.88 Å². The lowest BCUT2D eigenvalue weighted by molar-refractivity contribution is 0.0642. The van der Waals surface area contributed by atoms with Crippen molar-refractivity contribution in [3.63, 3.8) is 0 Å². The monoisotopic (exact) mass is 461 g/mol. The lowest BCUT2D eigenvalue weighted by Crippen LogP contribution is -2.50. The molecular formula is C24H17BrFN3O. The quantitative estimate of drug-likeness (QED) is 0.382. The molecule has 1 N–H and O–H groups in total. The van der Waals surface area contributed by atoms with Gasteiger partial charge in [0.25, 0.3) is 5.91 Å². The van der Waals surface area contributed by atoms with Gasteiger partial charge in [-0.25, -0.2) is 4.39 Å². The van der Waals surface area contributed by atoms with Crippen molar-refractivity contribution < 1.29 is 9.18 Å². The van der Waals surface area contributed by atoms with Gasteiger partial charge in [0.15, 0.2) is 6.17 Å². The first-order valence-corrected chi connectivity index (χ1v) is 10.7. The summed E-state index contributed by atoms with van der Waals surface area (Å²) in [5.41, 5.74) is 5.38. The molecule has 1 aromatic heterocycles. The normalized spacial score (nSPS) is 17.7. The highest BCUT2D eigenvalue weighted by Gasteiger charge is 2.43. The molecule has 1 unspecified atom stereocenters. The topological polar surface area (TPSA) is 39.3 Å². The Morgan fingerprint density at radius 2 is 1.90 bits per heavy atom. The van der Waals surface area contributed by atoms with Gasteiger partial charge >= 0.3 is 0 Å². The van der Waals surface area contributed by atoms with Gasteiger partial charge in [-0.3, -0.25) is 4.79 Å². The minimum atomic E-state index is -0.357. The van der Waals surface area contributed by atoms with E-state index < -0.39 is 0 Å². The molecule has 6 heteroatoms. The lowest BCUT2D eigenvalue weighted by Gasteiger charge is -2.47. The fourth-order valence-corrected chi connectivity index (χ4v) is 5.15. The second-order valence-electron chi connectivity index (χ2n) is 7.70. The number of anilines is 2. The van der Waals surface area contributed by atoms with E-state index in [1.807, 2.05) is 41.3 Å². The average molecular weight is 462 g/mol. The molecule has 3 heterocycles. The van der Waals surface area contributed by atoms with Crippen LogP contribution in [0, 0.1) is 5.82 Å². The third-order valence-electron chi connectivity index (χ3n) is 6.04. The van der Waals surface area contributed by atoms with Gasteiger partial charge in [0, 0.05) is 27.6 Å². The van der Waals surface area contributed by atoms with Gasteiger partial charge in [-0.2, -0.15) is 0 Å². The van der Waals surface area contributed by atoms with E-state index in [4.69, 9.17) is 0 Å². The van der Waals surface area contributed by atoms with E-state index in [0.717, 1.165) is 27.8 Å². The van der Waals surface area contributed by atoms with E-state index in [2.05, 4.69) is 37.9 Å². The van der Waals surface area contributed by atoms with Gasteiger partial charge in [0.05, 0.1) is 16.9 Å². The Kier molecular flexibility index (Phi) is 3.80. The van der Waals surface area contributed by atoms with Gasteiger partial charge in [0.1, 0.15) is 5.82 Å². The zero-order valence-corrected chi connectivity index (χ0v) is 17.5. The summed E-state index contributed by atoms with van der Waals surface area (Å²) in [7, 11) is 0. The smallest absolute Gasteiger partial charge is 0.257 e. The molecule has 148 valence electrons. The fourth-order valence-electron chi connectivity index (χ4n) is 4.78. The molecule has 0 saturated heterocycles. The molecule has 4 nitrogen and oxygen atoms in total. The number of aromatic nitrogens is 1. The van der Waals surface area contributed by atoms with Crippen molar-refractivity contribution in [2.75, 3.05) is 11.4 Å². The molecule has 0 radical (unpaired) electrons. The lowest BCUT2D eigenvalue weighted by atomic mass is 9.95. The maximum Gasteiger partial charge on any atom is 0.257 e. The van der Waals surface area contributed by atoms with Crippen molar-refractivity contribution >= 4 is 44.1 Å². The summed E-state index contributed by atoms with van der Waals surface area (Å²) in [5.74, 6) is -0.310. The number of carbonyl (C=O) groups excluding carboxylic acids is 1. The number of H-pyrrole nitrogens is 1. The SMILES string of the molecule is O=C1c2cc(Br)ccc2N(c2cccc(F)c2)C2c3[nH]c4ccccc4c3CCN12. The van der Waals surface area contributed by atoms with Gasteiger partial charge in [0.2, 0.25) is 0 Å². The second kappa shape index (κ2) is 6.44. The molecular weight excluding hydrogens is 445 g/mol. The molecule has 0 fully saturated rings. The largest absolute Gasteiger partial charge is 0.355 e. The summed E-state index contributed by atoms with van der Waals surface area (Å²) in [5, 5.41) is 1.18. The average Bonchev–Trinajstić information content (AvgIpc) is 3.13. The molecule has 0 saturated carbocycles. The maximum atomic E-state index is 14.2. The first-order valence-electron chi connectivity index (χ1n) is 9.86. The summed E-state index contributed by atoms with van der Waals surface area (Å²) in [6, 6.07) is 20.5. The number of hydrogen-bond donors (Lipinski definition) is 1. The molecule has 4 aromatic rings. The van der Waals surface area contributed by atoms with E-state index in [9.17, 15) is 9.18 Å². The minimum absolute atomic E-state index is 0.00624. The van der Waals surface area contributed by atoms with E-state index in [0.29, 0.717) is 17.8 Å². The zero-order chi connectivity index (χ0) is 20.4. The molecule has 1 atom stereocenters. The fraction of sp³-hybridized carbons (Fsp3) is 0.125. The molecule has 2 aliphatic rings. The predicted molar refractivity (Wildman–Crippen MR) is 118 cm³/mol. The van der Waals surface area contributed by atoms with Crippen LogP contribution < -0.4 is 4.90 Å². The molecule has 0 bridgehead atoms. The first kappa shape index (κ1) is 17.7. The van der Waals surface area contributed by atoms with Crippen LogP contribution in [0.15, 0.2) is 71.2 Å². The number of halogens is 2. The maximum absolute atomic E-state index is 14.2. The van der Waals surface area contributed by atoms with Crippen molar-refractivity contribution in [2.24, 2.45) is 0 Å². The van der Waals surface area contributed by atoms with Gasteiger partial charge < -0.3 is 14.8 Å². The van der Waals surface area contributed by atoms with E-state index in [1.165, 1.54) is 23.1 Å². The Morgan fingerprint density at radius 3 is 2.77 bits per heavy atom. The van der Waals surface area contributed by atoms with Crippen LogP contribution in [0.5, 0.6) is 0 Å². The number of nitrogens with zero attached hydrogens (tertiary/aromatic N) is 2. The summed E-state index contributed by atoms with van der Waals surface area (Å²) in [6.45, 7) is 0.607. The predicted octanol–water partition coefficient (Wildman–Crippen LogP) is 5.92. The number of nitrogens with one attached hydrogen (secondary N) is 1. The van der Waals surface area contributed by atoms with Gasteiger partial charge in [-0.1, -0.05) is 40.2 Å². The summed E-state index contributed by atoms with van der Waals surface area (Å²) in [4.78, 5) is 21.0. The number of benzene rings is 3. The standard InChI is InChI=1S/C24H17BrFN3O/c25-14-8-9-21-19(12-14)24(30)28-11-10-18-17-6-1-2-7-20(17)27-22(18)23(28)29(21)16-5-3-4-15(26)13-16/h1-9,12-13,23,27H,10-11H2. The van der Waals surface area contributed by atoms with Crippen LogP contribution in [0.25, 0.3) is 10.9 Å². The third kappa shape index (κ3) is 2.46. The van der Waals surface area contributed by atoms with Crippen LogP contribution in [-0.4, -0.2) is 22.3 Å². The van der Waals surface area contributed by atoms with Crippen LogP contribution in [-0.2, 0) is 6.42 Å². The summed E-state index contributed by atoms with van der Waals surface area (Å²) < 4.78 is 15.0. The van der Waals surface area contributed by atoms with Gasteiger partial charge in [-0.15, -0.1) is 0 Å². The van der Waals surface area contributed by atoms with Crippen LogP contribution in [0.3, 0.4) is 0 Å². The molecule has 3 aromatic carbocycles. The third-order valence-corrected chi connectivity index (χ3v) is 6.54. The Morgan fingerprint density at radius 1 is 1.03 bits per heavy atom. The minimum Gasteiger partial charge on any atom is -0.355 e. The molecule has 30 heavy (non-hydrogen) atoms.